The molecular formula is C22H16O4. The van der Waals surface area contributed by atoms with E-state index < -0.39 is 0 Å². The summed E-state index contributed by atoms with van der Waals surface area (Å²) in [4.78, 5) is 0. The van der Waals surface area contributed by atoms with E-state index in [0.29, 0.717) is 16.7 Å². The average Bonchev–Trinajstić information content (AvgIpc) is 2.64. The molecule has 0 atom stereocenters. The number of phenols is 2. The molecule has 128 valence electrons. The van der Waals surface area contributed by atoms with Crippen LogP contribution < -0.4 is 0 Å². The average molecular weight is 344 g/mol. The van der Waals surface area contributed by atoms with Crippen LogP contribution >= 0.6 is 0 Å². The minimum absolute atomic E-state index is 0.217. The number of allylic oxidation sites excluding steroid dienone is 2. The third-order valence-corrected chi connectivity index (χ3v) is 4.48. The van der Waals surface area contributed by atoms with E-state index >= 15 is 0 Å². The third kappa shape index (κ3) is 2.48. The van der Waals surface area contributed by atoms with E-state index in [1.165, 1.54) is 18.2 Å². The maximum atomic E-state index is 10.6. The first kappa shape index (κ1) is 15.8. The molecule has 4 nitrogen and oxygen atoms in total. The van der Waals surface area contributed by atoms with E-state index in [1.54, 1.807) is 12.1 Å². The Kier molecular flexibility index (Phi) is 3.66. The molecule has 0 saturated carbocycles. The molecule has 0 spiro atoms. The van der Waals surface area contributed by atoms with E-state index in [-0.39, 0.29) is 23.0 Å². The fraction of sp³-hybridized carbons (Fsp3) is 0. The lowest BCUT2D eigenvalue weighted by molar-refractivity contribution is 0.330. The summed E-state index contributed by atoms with van der Waals surface area (Å²) in [6, 6.07) is 16.3. The summed E-state index contributed by atoms with van der Waals surface area (Å²) in [5, 5.41) is 42.3. The fourth-order valence-corrected chi connectivity index (χ4v) is 3.24. The molecule has 26 heavy (non-hydrogen) atoms. The second-order valence-corrected chi connectivity index (χ2v) is 6.09. The van der Waals surface area contributed by atoms with Gasteiger partial charge in [0.25, 0.3) is 0 Å². The van der Waals surface area contributed by atoms with Gasteiger partial charge in [0.1, 0.15) is 0 Å². The number of aromatic hydroxyl groups is 2. The van der Waals surface area contributed by atoms with Gasteiger partial charge in [-0.05, 0) is 51.8 Å². The summed E-state index contributed by atoms with van der Waals surface area (Å²) in [6.07, 6.45) is 4.46. The Labute approximate surface area is 149 Å². The number of benzene rings is 3. The smallest absolute Gasteiger partial charge is 0.166 e. The molecular weight excluding hydrogens is 328 g/mol. The summed E-state index contributed by atoms with van der Waals surface area (Å²) < 4.78 is 0. The van der Waals surface area contributed by atoms with Gasteiger partial charge in [-0.1, -0.05) is 48.5 Å². The molecule has 4 heteroatoms. The zero-order chi connectivity index (χ0) is 18.3. The Balaban J connectivity index is 2.11. The maximum absolute atomic E-state index is 10.6. The van der Waals surface area contributed by atoms with Crippen molar-refractivity contribution in [2.75, 3.05) is 0 Å². The van der Waals surface area contributed by atoms with Crippen LogP contribution in [-0.4, -0.2) is 20.4 Å². The summed E-state index contributed by atoms with van der Waals surface area (Å²) in [6.45, 7) is 0. The summed E-state index contributed by atoms with van der Waals surface area (Å²) in [7, 11) is 0. The first-order valence-electron chi connectivity index (χ1n) is 8.11. The molecule has 0 radical (unpaired) electrons. The van der Waals surface area contributed by atoms with Crippen LogP contribution in [0.2, 0.25) is 0 Å². The van der Waals surface area contributed by atoms with Gasteiger partial charge in [-0.15, -0.1) is 0 Å². The molecule has 4 N–H and O–H groups in total. The molecule has 0 amide bonds. The van der Waals surface area contributed by atoms with Crippen LogP contribution in [0.4, 0.5) is 0 Å². The fourth-order valence-electron chi connectivity index (χ4n) is 3.24. The van der Waals surface area contributed by atoms with Crippen molar-refractivity contribution < 1.29 is 20.4 Å². The zero-order valence-corrected chi connectivity index (χ0v) is 13.7. The Morgan fingerprint density at radius 2 is 1.42 bits per heavy atom. The van der Waals surface area contributed by atoms with E-state index in [1.807, 2.05) is 42.5 Å². The van der Waals surface area contributed by atoms with E-state index in [9.17, 15) is 20.4 Å². The van der Waals surface area contributed by atoms with Crippen LogP contribution in [-0.2, 0) is 0 Å². The summed E-state index contributed by atoms with van der Waals surface area (Å²) in [5.41, 5.74) is 2.53. The van der Waals surface area contributed by atoms with Crippen molar-refractivity contribution in [2.45, 2.75) is 0 Å². The van der Waals surface area contributed by atoms with Crippen molar-refractivity contribution in [1.29, 1.82) is 0 Å². The topological polar surface area (TPSA) is 80.9 Å². The second kappa shape index (κ2) is 6.01. The van der Waals surface area contributed by atoms with Crippen LogP contribution in [0.15, 0.2) is 78.3 Å². The molecule has 1 aliphatic carbocycles. The highest BCUT2D eigenvalue weighted by molar-refractivity contribution is 6.03. The number of rotatable bonds is 1. The molecule has 1 aliphatic rings. The van der Waals surface area contributed by atoms with E-state index in [2.05, 4.69) is 0 Å². The van der Waals surface area contributed by atoms with E-state index in [0.717, 1.165) is 16.3 Å². The SMILES string of the molecule is OC1=C\C=C(\c2c(O)c(O)cc3ccccc23)c2ccccc2/C=C\1O. The monoisotopic (exact) mass is 344 g/mol. The molecule has 4 rings (SSSR count). The second-order valence-electron chi connectivity index (χ2n) is 6.09. The molecule has 0 aromatic heterocycles. The minimum Gasteiger partial charge on any atom is -0.504 e. The quantitative estimate of drug-likeness (QED) is 0.466. The minimum atomic E-state index is -0.277. The molecule has 3 aromatic carbocycles. The van der Waals surface area contributed by atoms with Gasteiger partial charge < -0.3 is 20.4 Å². The van der Waals surface area contributed by atoms with Gasteiger partial charge in [-0.25, -0.2) is 0 Å². The van der Waals surface area contributed by atoms with Gasteiger partial charge in [0.2, 0.25) is 0 Å². The molecule has 0 unspecified atom stereocenters. The van der Waals surface area contributed by atoms with Crippen molar-refractivity contribution >= 4 is 22.4 Å². The highest BCUT2D eigenvalue weighted by Gasteiger charge is 2.20. The molecule has 0 heterocycles. The molecule has 0 bridgehead atoms. The Bertz CT molecular complexity index is 1120. The van der Waals surface area contributed by atoms with Crippen molar-refractivity contribution in [3.8, 4) is 11.5 Å². The lowest BCUT2D eigenvalue weighted by Gasteiger charge is -2.17. The highest BCUT2D eigenvalue weighted by Crippen LogP contribution is 2.43. The van der Waals surface area contributed by atoms with Crippen LogP contribution in [0.25, 0.3) is 22.4 Å². The molecule has 0 saturated heterocycles. The van der Waals surface area contributed by atoms with E-state index in [4.69, 9.17) is 0 Å². The Morgan fingerprint density at radius 1 is 0.692 bits per heavy atom. The molecule has 3 aromatic rings. The Hall–Kier alpha value is -3.66. The molecule has 0 aliphatic heterocycles. The number of aliphatic hydroxyl groups is 2. The van der Waals surface area contributed by atoms with Crippen LogP contribution in [0, 0.1) is 0 Å². The zero-order valence-electron chi connectivity index (χ0n) is 13.7. The number of aliphatic hydroxyl groups excluding tert-OH is 2. The van der Waals surface area contributed by atoms with Crippen molar-refractivity contribution in [3.05, 3.63) is 95.0 Å². The normalized spacial score (nSPS) is 19.9. The van der Waals surface area contributed by atoms with Gasteiger partial charge in [-0.2, -0.15) is 0 Å². The summed E-state index contributed by atoms with van der Waals surface area (Å²) >= 11 is 0. The highest BCUT2D eigenvalue weighted by atomic mass is 16.3. The number of hydrogen-bond acceptors (Lipinski definition) is 4. The van der Waals surface area contributed by atoms with Crippen molar-refractivity contribution in [3.63, 3.8) is 0 Å². The van der Waals surface area contributed by atoms with Crippen molar-refractivity contribution in [1.82, 2.24) is 0 Å². The number of phenolic OH excluding ortho intramolecular Hbond substituents is 2. The van der Waals surface area contributed by atoms with Crippen LogP contribution in [0.3, 0.4) is 0 Å². The van der Waals surface area contributed by atoms with Gasteiger partial charge in [-0.3, -0.25) is 0 Å². The number of fused-ring (bicyclic) bond motifs is 2. The lowest BCUT2D eigenvalue weighted by atomic mass is 9.88. The predicted molar refractivity (Wildman–Crippen MR) is 102 cm³/mol. The maximum Gasteiger partial charge on any atom is 0.166 e. The van der Waals surface area contributed by atoms with Gasteiger partial charge in [0.05, 0.1) is 0 Å². The number of hydrogen-bond donors (Lipinski definition) is 4. The van der Waals surface area contributed by atoms with Crippen LogP contribution in [0.1, 0.15) is 16.7 Å². The Morgan fingerprint density at radius 3 is 2.27 bits per heavy atom. The first-order chi connectivity index (χ1) is 12.6. The summed E-state index contributed by atoms with van der Waals surface area (Å²) in [5.74, 6) is -0.962. The molecule has 0 fully saturated rings. The lowest BCUT2D eigenvalue weighted by Crippen LogP contribution is -1.98. The van der Waals surface area contributed by atoms with Gasteiger partial charge in [0.15, 0.2) is 23.0 Å². The standard InChI is InChI=1S/C22H16O4/c23-18-10-9-17(15-7-3-1-5-13(15)11-19(18)24)21-16-8-4-2-6-14(16)12-20(25)22(21)26/h1-12,23-26H/b10-9?,13-11?,17-9+,17-15?,18-10-,19-11+,19-18?. The van der Waals surface area contributed by atoms with Gasteiger partial charge in [0, 0.05) is 5.56 Å². The third-order valence-electron chi connectivity index (χ3n) is 4.48. The predicted octanol–water partition coefficient (Wildman–Crippen LogP) is 5.04. The van der Waals surface area contributed by atoms with Crippen molar-refractivity contribution in [2.24, 2.45) is 0 Å². The largest absolute Gasteiger partial charge is 0.504 e. The van der Waals surface area contributed by atoms with Gasteiger partial charge >= 0.3 is 0 Å². The van der Waals surface area contributed by atoms with Crippen LogP contribution in [0.5, 0.6) is 11.5 Å². The first-order valence-corrected chi connectivity index (χ1v) is 8.11.